The summed E-state index contributed by atoms with van der Waals surface area (Å²) in [5.74, 6) is 0.587. The molecule has 3 N–H and O–H groups in total. The third-order valence-electron chi connectivity index (χ3n) is 3.06. The van der Waals surface area contributed by atoms with Gasteiger partial charge in [-0.3, -0.25) is 4.79 Å². The average Bonchev–Trinajstić information content (AvgIpc) is 2.83. The maximum absolute atomic E-state index is 12.0. The number of nitrogens with two attached hydrogens (primary N) is 1. The third-order valence-corrected chi connectivity index (χ3v) is 3.59. The van der Waals surface area contributed by atoms with Crippen LogP contribution in [0.3, 0.4) is 0 Å². The highest BCUT2D eigenvalue weighted by atomic mass is 79.9. The summed E-state index contributed by atoms with van der Waals surface area (Å²) in [5, 5.41) is 9.42. The van der Waals surface area contributed by atoms with Crippen molar-refractivity contribution in [3.63, 3.8) is 0 Å². The molecule has 0 bridgehead atoms. The zero-order valence-electron chi connectivity index (χ0n) is 10.9. The van der Waals surface area contributed by atoms with Crippen LogP contribution < -0.4 is 5.73 Å². The maximum atomic E-state index is 12.0. The number of azo groups is 1. The number of halogens is 1. The number of hydrogen-bond donors (Lipinski definition) is 2. The molecule has 0 fully saturated rings. The van der Waals surface area contributed by atoms with Gasteiger partial charge in [0.15, 0.2) is 5.82 Å². The summed E-state index contributed by atoms with van der Waals surface area (Å²) < 4.78 is 0.902. The average molecular weight is 343 g/mol. The van der Waals surface area contributed by atoms with Gasteiger partial charge < -0.3 is 10.7 Å². The quantitative estimate of drug-likeness (QED) is 0.675. The molecule has 2 aromatic carbocycles. The second kappa shape index (κ2) is 5.49. The molecule has 0 spiro atoms. The number of carbonyl (C=O) groups is 1. The number of rotatable bonds is 2. The first kappa shape index (κ1) is 13.5. The van der Waals surface area contributed by atoms with Crippen molar-refractivity contribution < 1.29 is 4.79 Å². The Morgan fingerprint density at radius 3 is 2.43 bits per heavy atom. The zero-order valence-corrected chi connectivity index (χ0v) is 12.5. The van der Waals surface area contributed by atoms with Crippen LogP contribution in [0, 0.1) is 0 Å². The molecule has 21 heavy (non-hydrogen) atoms. The molecule has 0 unspecified atom stereocenters. The van der Waals surface area contributed by atoms with Crippen molar-refractivity contribution >= 4 is 44.2 Å². The Bertz CT molecular complexity index is 837. The molecule has 0 atom stereocenters. The van der Waals surface area contributed by atoms with E-state index in [2.05, 4.69) is 31.1 Å². The summed E-state index contributed by atoms with van der Waals surface area (Å²) in [5.41, 5.74) is 6.34. The van der Waals surface area contributed by atoms with E-state index >= 15 is 0 Å². The summed E-state index contributed by atoms with van der Waals surface area (Å²) in [6, 6.07) is 14.5. The number of carbonyl (C=O) groups excluding carboxylic acids is 1. The molecule has 1 aromatic heterocycles. The second-order valence-electron chi connectivity index (χ2n) is 4.44. The third kappa shape index (κ3) is 2.71. The van der Waals surface area contributed by atoms with Gasteiger partial charge in [0.2, 0.25) is 0 Å². The Morgan fingerprint density at radius 1 is 1.05 bits per heavy atom. The van der Waals surface area contributed by atoms with Crippen molar-refractivity contribution in [3.05, 3.63) is 58.6 Å². The van der Waals surface area contributed by atoms with Gasteiger partial charge in [-0.1, -0.05) is 40.2 Å². The number of nitrogen functional groups attached to an aromatic ring is 1. The van der Waals surface area contributed by atoms with Crippen molar-refractivity contribution in [2.45, 2.75) is 0 Å². The molecule has 0 saturated heterocycles. The molecule has 5 nitrogen and oxygen atoms in total. The predicted molar refractivity (Wildman–Crippen MR) is 85.7 cm³/mol. The highest BCUT2D eigenvalue weighted by Gasteiger charge is 2.08. The standard InChI is InChI=1S/C15H11BrN4O/c16-10-7-5-9(6-8-10)15(21)20-19-14-12-4-2-1-3-11(12)13(17)18-14/h1-8,18H,17H2. The smallest absolute Gasteiger partial charge is 0.295 e. The Hall–Kier alpha value is -2.47. The number of aromatic amines is 1. The number of nitrogens with zero attached hydrogens (tertiary/aromatic N) is 2. The summed E-state index contributed by atoms with van der Waals surface area (Å²) >= 11 is 3.32. The number of H-pyrrole nitrogens is 1. The lowest BCUT2D eigenvalue weighted by molar-refractivity contribution is 0.0995. The fourth-order valence-corrected chi connectivity index (χ4v) is 2.28. The van der Waals surface area contributed by atoms with Crippen molar-refractivity contribution in [1.29, 1.82) is 0 Å². The number of amides is 1. The van der Waals surface area contributed by atoms with E-state index in [1.807, 2.05) is 24.3 Å². The van der Waals surface area contributed by atoms with Crippen LogP contribution in [0.2, 0.25) is 0 Å². The summed E-state index contributed by atoms with van der Waals surface area (Å²) in [4.78, 5) is 14.9. The predicted octanol–water partition coefficient (Wildman–Crippen LogP) is 4.44. The lowest BCUT2D eigenvalue weighted by Crippen LogP contribution is -1.92. The lowest BCUT2D eigenvalue weighted by Gasteiger charge is -1.94. The normalized spacial score (nSPS) is 11.3. The summed E-state index contributed by atoms with van der Waals surface area (Å²) in [6.07, 6.45) is 0. The van der Waals surface area contributed by atoms with Crippen LogP contribution in [0.4, 0.5) is 11.6 Å². The summed E-state index contributed by atoms with van der Waals surface area (Å²) in [6.45, 7) is 0. The number of nitrogens with one attached hydrogen (secondary N) is 1. The van der Waals surface area contributed by atoms with Crippen molar-refractivity contribution in [2.24, 2.45) is 10.2 Å². The van der Waals surface area contributed by atoms with Gasteiger partial charge in [-0.25, -0.2) is 0 Å². The zero-order chi connectivity index (χ0) is 14.8. The molecule has 0 aliphatic heterocycles. The lowest BCUT2D eigenvalue weighted by atomic mass is 10.2. The molecule has 0 aliphatic rings. The highest BCUT2D eigenvalue weighted by Crippen LogP contribution is 2.30. The van der Waals surface area contributed by atoms with Crippen molar-refractivity contribution in [2.75, 3.05) is 5.73 Å². The van der Waals surface area contributed by atoms with Crippen LogP contribution in [0.25, 0.3) is 10.8 Å². The number of hydrogen-bond acceptors (Lipinski definition) is 3. The molecule has 0 saturated carbocycles. The van der Waals surface area contributed by atoms with Crippen LogP contribution in [0.15, 0.2) is 63.2 Å². The fourth-order valence-electron chi connectivity index (χ4n) is 2.01. The number of fused-ring (bicyclic) bond motifs is 1. The van der Waals surface area contributed by atoms with Gasteiger partial charge in [-0.2, -0.15) is 0 Å². The van der Waals surface area contributed by atoms with Gasteiger partial charge in [-0.15, -0.1) is 10.2 Å². The summed E-state index contributed by atoms with van der Waals surface area (Å²) in [7, 11) is 0. The van der Waals surface area contributed by atoms with E-state index in [0.29, 0.717) is 17.2 Å². The molecule has 1 heterocycles. The van der Waals surface area contributed by atoms with E-state index in [1.165, 1.54) is 0 Å². The van der Waals surface area contributed by atoms with Crippen LogP contribution in [0.1, 0.15) is 10.4 Å². The number of aromatic nitrogens is 1. The van der Waals surface area contributed by atoms with E-state index in [4.69, 9.17) is 5.73 Å². The Labute approximate surface area is 129 Å². The molecular weight excluding hydrogens is 332 g/mol. The first-order valence-corrected chi connectivity index (χ1v) is 7.02. The molecule has 0 aliphatic carbocycles. The second-order valence-corrected chi connectivity index (χ2v) is 5.36. The van der Waals surface area contributed by atoms with E-state index in [1.54, 1.807) is 24.3 Å². The minimum atomic E-state index is -0.403. The first-order valence-electron chi connectivity index (χ1n) is 6.23. The SMILES string of the molecule is Nc1[nH]c(N=NC(=O)c2ccc(Br)cc2)c2ccccc12. The maximum Gasteiger partial charge on any atom is 0.295 e. The van der Waals surface area contributed by atoms with Crippen LogP contribution in [0.5, 0.6) is 0 Å². The van der Waals surface area contributed by atoms with Gasteiger partial charge in [0.05, 0.1) is 0 Å². The minimum absolute atomic E-state index is 0.403. The Kier molecular flexibility index (Phi) is 3.53. The Morgan fingerprint density at radius 2 is 1.71 bits per heavy atom. The van der Waals surface area contributed by atoms with E-state index in [9.17, 15) is 4.79 Å². The Balaban J connectivity index is 1.91. The van der Waals surface area contributed by atoms with Gasteiger partial charge in [0.25, 0.3) is 5.91 Å². The van der Waals surface area contributed by atoms with Crippen LogP contribution >= 0.6 is 15.9 Å². The molecular formula is C15H11BrN4O. The van der Waals surface area contributed by atoms with E-state index < -0.39 is 5.91 Å². The van der Waals surface area contributed by atoms with Gasteiger partial charge in [0, 0.05) is 20.8 Å². The van der Waals surface area contributed by atoms with Crippen LogP contribution in [-0.2, 0) is 0 Å². The molecule has 1 amide bonds. The molecule has 0 radical (unpaired) electrons. The molecule has 3 rings (SSSR count). The minimum Gasteiger partial charge on any atom is -0.385 e. The number of benzene rings is 2. The molecule has 104 valence electrons. The number of anilines is 1. The van der Waals surface area contributed by atoms with E-state index in [0.717, 1.165) is 15.2 Å². The van der Waals surface area contributed by atoms with E-state index in [-0.39, 0.29) is 0 Å². The van der Waals surface area contributed by atoms with Gasteiger partial charge in [-0.05, 0) is 24.3 Å². The van der Waals surface area contributed by atoms with Gasteiger partial charge >= 0.3 is 0 Å². The monoisotopic (exact) mass is 342 g/mol. The molecule has 6 heteroatoms. The molecule has 3 aromatic rings. The van der Waals surface area contributed by atoms with Gasteiger partial charge in [0.1, 0.15) is 5.82 Å². The van der Waals surface area contributed by atoms with Crippen molar-refractivity contribution in [3.8, 4) is 0 Å². The first-order chi connectivity index (χ1) is 10.1. The van der Waals surface area contributed by atoms with Crippen molar-refractivity contribution in [1.82, 2.24) is 4.98 Å². The fraction of sp³-hybridized carbons (Fsp3) is 0. The van der Waals surface area contributed by atoms with Crippen LogP contribution in [-0.4, -0.2) is 10.9 Å². The highest BCUT2D eigenvalue weighted by molar-refractivity contribution is 9.10. The largest absolute Gasteiger partial charge is 0.385 e. The topological polar surface area (TPSA) is 83.6 Å².